The summed E-state index contributed by atoms with van der Waals surface area (Å²) in [6, 6.07) is 3.38. The first-order valence-electron chi connectivity index (χ1n) is 5.74. The highest BCUT2D eigenvalue weighted by molar-refractivity contribution is 5.99. The topological polar surface area (TPSA) is 79.7 Å². The molecular weight excluding hydrogens is 236 g/mol. The summed E-state index contributed by atoms with van der Waals surface area (Å²) in [6.07, 6.45) is 1.57. The molecule has 0 radical (unpaired) electrons. The van der Waals surface area contributed by atoms with Gasteiger partial charge in [-0.15, -0.1) is 0 Å². The number of aliphatic carboxylic acids is 1. The van der Waals surface area contributed by atoms with E-state index in [9.17, 15) is 9.59 Å². The highest BCUT2D eigenvalue weighted by Crippen LogP contribution is 2.25. The van der Waals surface area contributed by atoms with Gasteiger partial charge in [-0.3, -0.25) is 9.59 Å². The second-order valence-corrected chi connectivity index (χ2v) is 4.03. The Kier molecular flexibility index (Phi) is 3.45. The summed E-state index contributed by atoms with van der Waals surface area (Å²) < 4.78 is 5.20. The lowest BCUT2D eigenvalue weighted by Gasteiger charge is -2.15. The van der Waals surface area contributed by atoms with Crippen molar-refractivity contribution in [2.24, 2.45) is 5.92 Å². The normalized spacial score (nSPS) is 19.1. The fraction of sp³-hybridized carbons (Fsp3) is 0.417. The van der Waals surface area contributed by atoms with Crippen LogP contribution in [0.3, 0.4) is 0 Å². The number of carboxylic acids is 1. The van der Waals surface area contributed by atoms with Gasteiger partial charge in [-0.05, 0) is 13.0 Å². The molecule has 2 heterocycles. The number of ether oxygens (including phenoxy) is 1. The maximum atomic E-state index is 11.7. The van der Waals surface area contributed by atoms with E-state index in [1.54, 1.807) is 12.1 Å². The van der Waals surface area contributed by atoms with Crippen molar-refractivity contribution in [1.29, 1.82) is 0 Å². The molecule has 96 valence electrons. The largest absolute Gasteiger partial charge is 0.481 e. The number of carbonyl (C=O) groups excluding carboxylic acids is 1. The molecule has 1 unspecified atom stereocenters. The van der Waals surface area contributed by atoms with Gasteiger partial charge in [-0.1, -0.05) is 0 Å². The third kappa shape index (κ3) is 2.42. The van der Waals surface area contributed by atoms with Gasteiger partial charge in [0.05, 0.1) is 24.4 Å². The number of pyridine rings is 1. The first-order valence-corrected chi connectivity index (χ1v) is 5.74. The van der Waals surface area contributed by atoms with E-state index in [1.165, 1.54) is 11.1 Å². The zero-order valence-electron chi connectivity index (χ0n) is 10.00. The van der Waals surface area contributed by atoms with Crippen LogP contribution < -0.4 is 9.64 Å². The minimum absolute atomic E-state index is 0.0442. The number of amides is 1. The number of nitrogens with zero attached hydrogens (tertiary/aromatic N) is 2. The molecule has 0 bridgehead atoms. The highest BCUT2D eigenvalue weighted by atomic mass is 16.5. The van der Waals surface area contributed by atoms with E-state index in [4.69, 9.17) is 9.84 Å². The molecular formula is C12H14N2O4. The van der Waals surface area contributed by atoms with Crippen LogP contribution in [0.15, 0.2) is 18.3 Å². The third-order valence-electron chi connectivity index (χ3n) is 2.80. The fourth-order valence-corrected chi connectivity index (χ4v) is 1.89. The number of aromatic nitrogens is 1. The van der Waals surface area contributed by atoms with Crippen LogP contribution in [0.1, 0.15) is 13.3 Å². The molecule has 1 aromatic heterocycles. The van der Waals surface area contributed by atoms with Gasteiger partial charge < -0.3 is 14.7 Å². The first-order chi connectivity index (χ1) is 8.61. The Morgan fingerprint density at radius 2 is 2.39 bits per heavy atom. The van der Waals surface area contributed by atoms with E-state index >= 15 is 0 Å². The van der Waals surface area contributed by atoms with Crippen LogP contribution in [-0.2, 0) is 9.59 Å². The second kappa shape index (κ2) is 5.03. The zero-order valence-corrected chi connectivity index (χ0v) is 10.00. The number of carbonyl (C=O) groups is 2. The molecule has 6 nitrogen and oxygen atoms in total. The van der Waals surface area contributed by atoms with Crippen LogP contribution in [-0.4, -0.2) is 35.1 Å². The smallest absolute Gasteiger partial charge is 0.308 e. The minimum atomic E-state index is -0.940. The van der Waals surface area contributed by atoms with Gasteiger partial charge in [0.2, 0.25) is 11.8 Å². The lowest BCUT2D eigenvalue weighted by Crippen LogP contribution is -2.25. The van der Waals surface area contributed by atoms with Crippen molar-refractivity contribution in [3.8, 4) is 5.88 Å². The molecule has 2 rings (SSSR count). The van der Waals surface area contributed by atoms with Crippen molar-refractivity contribution in [2.45, 2.75) is 13.3 Å². The maximum Gasteiger partial charge on any atom is 0.308 e. The van der Waals surface area contributed by atoms with Gasteiger partial charge in [0.15, 0.2) is 0 Å². The quantitative estimate of drug-likeness (QED) is 0.859. The summed E-state index contributed by atoms with van der Waals surface area (Å²) in [6.45, 7) is 2.58. The van der Waals surface area contributed by atoms with Gasteiger partial charge in [-0.25, -0.2) is 4.98 Å². The SMILES string of the molecule is CCOc1ccc(N2CC(C(=O)O)CC2=O)cn1. The summed E-state index contributed by atoms with van der Waals surface area (Å²) in [5, 5.41) is 8.90. The Hall–Kier alpha value is -2.11. The average Bonchev–Trinajstić information content (AvgIpc) is 2.73. The molecule has 1 aliphatic heterocycles. The monoisotopic (exact) mass is 250 g/mol. The van der Waals surface area contributed by atoms with Crippen molar-refractivity contribution >= 4 is 17.6 Å². The predicted molar refractivity (Wildman–Crippen MR) is 63.5 cm³/mol. The van der Waals surface area contributed by atoms with Gasteiger partial charge in [0, 0.05) is 19.0 Å². The van der Waals surface area contributed by atoms with E-state index < -0.39 is 11.9 Å². The van der Waals surface area contributed by atoms with E-state index in [1.807, 2.05) is 6.92 Å². The van der Waals surface area contributed by atoms with Crippen LogP contribution >= 0.6 is 0 Å². The molecule has 1 fully saturated rings. The highest BCUT2D eigenvalue weighted by Gasteiger charge is 2.35. The number of hydrogen-bond acceptors (Lipinski definition) is 4. The Morgan fingerprint density at radius 3 is 2.89 bits per heavy atom. The summed E-state index contributed by atoms with van der Waals surface area (Å²) in [5.41, 5.74) is 0.604. The van der Waals surface area contributed by atoms with E-state index in [-0.39, 0.29) is 18.9 Å². The minimum Gasteiger partial charge on any atom is -0.481 e. The van der Waals surface area contributed by atoms with E-state index in [2.05, 4.69) is 4.98 Å². The molecule has 0 aliphatic carbocycles. The molecule has 6 heteroatoms. The van der Waals surface area contributed by atoms with Gasteiger partial charge in [0.1, 0.15) is 0 Å². The van der Waals surface area contributed by atoms with Crippen LogP contribution in [0, 0.1) is 5.92 Å². The summed E-state index contributed by atoms with van der Waals surface area (Å²) in [5.74, 6) is -1.27. The van der Waals surface area contributed by atoms with Crippen LogP contribution in [0.25, 0.3) is 0 Å². The summed E-state index contributed by atoms with van der Waals surface area (Å²) in [4.78, 5) is 28.1. The number of anilines is 1. The Labute approximate surface area is 104 Å². The van der Waals surface area contributed by atoms with Crippen molar-refractivity contribution in [3.63, 3.8) is 0 Å². The molecule has 1 N–H and O–H groups in total. The Bertz CT molecular complexity index is 458. The van der Waals surface area contributed by atoms with E-state index in [0.29, 0.717) is 18.2 Å². The van der Waals surface area contributed by atoms with Gasteiger partial charge in [-0.2, -0.15) is 0 Å². The molecule has 0 spiro atoms. The summed E-state index contributed by atoms with van der Waals surface area (Å²) in [7, 11) is 0. The summed E-state index contributed by atoms with van der Waals surface area (Å²) >= 11 is 0. The molecule has 1 atom stereocenters. The molecule has 0 aromatic carbocycles. The number of carboxylic acid groups (broad SMARTS) is 1. The lowest BCUT2D eigenvalue weighted by atomic mass is 10.1. The predicted octanol–water partition coefficient (Wildman–Crippen LogP) is 0.918. The molecule has 1 saturated heterocycles. The number of hydrogen-bond donors (Lipinski definition) is 1. The molecule has 1 aliphatic rings. The molecule has 1 aromatic rings. The third-order valence-corrected chi connectivity index (χ3v) is 2.80. The Morgan fingerprint density at radius 1 is 1.61 bits per heavy atom. The van der Waals surface area contributed by atoms with Gasteiger partial charge in [0.25, 0.3) is 0 Å². The van der Waals surface area contributed by atoms with Crippen molar-refractivity contribution in [3.05, 3.63) is 18.3 Å². The Balaban J connectivity index is 2.12. The van der Waals surface area contributed by atoms with Crippen molar-refractivity contribution < 1.29 is 19.4 Å². The number of rotatable bonds is 4. The second-order valence-electron chi connectivity index (χ2n) is 4.03. The van der Waals surface area contributed by atoms with Crippen LogP contribution in [0.4, 0.5) is 5.69 Å². The molecule has 0 saturated carbocycles. The standard InChI is InChI=1S/C12H14N2O4/c1-2-18-10-4-3-9(6-13-10)14-7-8(12(16)17)5-11(14)15/h3-4,6,8H,2,5,7H2,1H3,(H,16,17). The first kappa shape index (κ1) is 12.3. The maximum absolute atomic E-state index is 11.7. The zero-order chi connectivity index (χ0) is 13.1. The molecule has 18 heavy (non-hydrogen) atoms. The van der Waals surface area contributed by atoms with Crippen LogP contribution in [0.2, 0.25) is 0 Å². The van der Waals surface area contributed by atoms with Crippen molar-refractivity contribution in [1.82, 2.24) is 4.98 Å². The average molecular weight is 250 g/mol. The fourth-order valence-electron chi connectivity index (χ4n) is 1.89. The van der Waals surface area contributed by atoms with E-state index in [0.717, 1.165) is 0 Å². The molecule has 1 amide bonds. The van der Waals surface area contributed by atoms with Gasteiger partial charge >= 0.3 is 5.97 Å². The van der Waals surface area contributed by atoms with Crippen LogP contribution in [0.5, 0.6) is 5.88 Å². The lowest BCUT2D eigenvalue weighted by molar-refractivity contribution is -0.141. The van der Waals surface area contributed by atoms with Crippen molar-refractivity contribution in [2.75, 3.05) is 18.1 Å².